The second-order valence-electron chi connectivity index (χ2n) is 5.42. The van der Waals surface area contributed by atoms with Crippen LogP contribution in [0.5, 0.6) is 5.75 Å². The largest absolute Gasteiger partial charge is 0.497 e. The number of ketones is 1. The molecule has 0 amide bonds. The van der Waals surface area contributed by atoms with Crippen LogP contribution in [0.25, 0.3) is 5.69 Å². The van der Waals surface area contributed by atoms with Crippen molar-refractivity contribution in [3.63, 3.8) is 0 Å². The molecule has 0 spiro atoms. The molecule has 4 heteroatoms. The number of carbonyl (C=O) groups is 1. The number of rotatable bonds is 7. The van der Waals surface area contributed by atoms with Crippen molar-refractivity contribution in [2.24, 2.45) is 0 Å². The Hall–Kier alpha value is -2.07. The molecule has 2 rings (SSSR count). The summed E-state index contributed by atoms with van der Waals surface area (Å²) < 4.78 is 7.38. The van der Waals surface area contributed by atoms with E-state index in [2.05, 4.69) is 16.8 Å². The van der Waals surface area contributed by atoms with Crippen molar-refractivity contribution in [3.05, 3.63) is 47.3 Å². The lowest BCUT2D eigenvalue weighted by atomic mass is 10.1. The average Bonchev–Trinajstić information content (AvgIpc) is 2.82. The standard InChI is InChI=1S/C18H24N2O2/c1-5-9-19-12-18(21)17-10-13(2)20(14(17)3)15-7-6-8-16(11-15)22-4/h6-8,10-11,19H,5,9,12H2,1-4H3. The normalized spacial score (nSPS) is 10.7. The number of benzene rings is 1. The van der Waals surface area contributed by atoms with Gasteiger partial charge in [0.15, 0.2) is 5.78 Å². The Labute approximate surface area is 132 Å². The van der Waals surface area contributed by atoms with E-state index in [0.717, 1.165) is 41.4 Å². The second kappa shape index (κ2) is 7.27. The Kier molecular flexibility index (Phi) is 5.39. The molecular weight excluding hydrogens is 276 g/mol. The number of aryl methyl sites for hydroxylation is 1. The molecule has 0 aliphatic carbocycles. The van der Waals surface area contributed by atoms with E-state index in [-0.39, 0.29) is 5.78 Å². The molecule has 22 heavy (non-hydrogen) atoms. The van der Waals surface area contributed by atoms with Gasteiger partial charge in [0.25, 0.3) is 0 Å². The highest BCUT2D eigenvalue weighted by molar-refractivity contribution is 5.99. The number of nitrogens with one attached hydrogen (secondary N) is 1. The predicted molar refractivity (Wildman–Crippen MR) is 89.3 cm³/mol. The summed E-state index contributed by atoms with van der Waals surface area (Å²) in [4.78, 5) is 12.4. The van der Waals surface area contributed by atoms with Gasteiger partial charge >= 0.3 is 0 Å². The zero-order valence-corrected chi connectivity index (χ0v) is 13.8. The lowest BCUT2D eigenvalue weighted by molar-refractivity contribution is 0.0991. The molecular formula is C18H24N2O2. The third-order valence-corrected chi connectivity index (χ3v) is 3.76. The smallest absolute Gasteiger partial charge is 0.178 e. The fourth-order valence-electron chi connectivity index (χ4n) is 2.67. The van der Waals surface area contributed by atoms with Gasteiger partial charge in [-0.15, -0.1) is 0 Å². The zero-order chi connectivity index (χ0) is 16.1. The minimum Gasteiger partial charge on any atom is -0.497 e. The van der Waals surface area contributed by atoms with Crippen molar-refractivity contribution in [2.75, 3.05) is 20.2 Å². The minimum absolute atomic E-state index is 0.135. The quantitative estimate of drug-likeness (QED) is 0.630. The van der Waals surface area contributed by atoms with Gasteiger partial charge < -0.3 is 14.6 Å². The van der Waals surface area contributed by atoms with Gasteiger partial charge in [0.1, 0.15) is 5.75 Å². The summed E-state index contributed by atoms with van der Waals surface area (Å²) in [6, 6.07) is 9.83. The Morgan fingerprint density at radius 2 is 2.05 bits per heavy atom. The Morgan fingerprint density at radius 3 is 2.73 bits per heavy atom. The van der Waals surface area contributed by atoms with Crippen LogP contribution in [0.4, 0.5) is 0 Å². The molecule has 0 radical (unpaired) electrons. The zero-order valence-electron chi connectivity index (χ0n) is 13.8. The van der Waals surface area contributed by atoms with E-state index in [1.54, 1.807) is 7.11 Å². The summed E-state index contributed by atoms with van der Waals surface area (Å²) in [6.45, 7) is 7.34. The van der Waals surface area contributed by atoms with Crippen LogP contribution in [0, 0.1) is 13.8 Å². The molecule has 0 bridgehead atoms. The van der Waals surface area contributed by atoms with E-state index < -0.39 is 0 Å². The van der Waals surface area contributed by atoms with Crippen molar-refractivity contribution in [1.29, 1.82) is 0 Å². The van der Waals surface area contributed by atoms with Crippen LogP contribution < -0.4 is 10.1 Å². The number of Topliss-reactive ketones (excluding diaryl/α,β-unsaturated/α-hetero) is 1. The molecule has 2 aromatic rings. The van der Waals surface area contributed by atoms with E-state index in [0.29, 0.717) is 6.54 Å². The summed E-state index contributed by atoms with van der Waals surface area (Å²) in [5.74, 6) is 0.943. The minimum atomic E-state index is 0.135. The lowest BCUT2D eigenvalue weighted by Gasteiger charge is -2.11. The third kappa shape index (κ3) is 3.39. The van der Waals surface area contributed by atoms with E-state index in [4.69, 9.17) is 4.74 Å². The van der Waals surface area contributed by atoms with Gasteiger partial charge in [0, 0.05) is 28.7 Å². The van der Waals surface area contributed by atoms with Crippen molar-refractivity contribution < 1.29 is 9.53 Å². The van der Waals surface area contributed by atoms with Crippen LogP contribution in [0.1, 0.15) is 35.1 Å². The first-order chi connectivity index (χ1) is 10.6. The lowest BCUT2D eigenvalue weighted by Crippen LogP contribution is -2.24. The molecule has 0 atom stereocenters. The molecule has 0 aliphatic rings. The Balaban J connectivity index is 2.32. The monoisotopic (exact) mass is 300 g/mol. The predicted octanol–water partition coefficient (Wildman–Crippen LogP) is 3.29. The van der Waals surface area contributed by atoms with Crippen LogP contribution in [-0.4, -0.2) is 30.5 Å². The molecule has 1 N–H and O–H groups in total. The number of aromatic nitrogens is 1. The topological polar surface area (TPSA) is 43.3 Å². The molecule has 0 fully saturated rings. The molecule has 118 valence electrons. The SMILES string of the molecule is CCCNCC(=O)c1cc(C)n(-c2cccc(OC)c2)c1C. The highest BCUT2D eigenvalue weighted by Crippen LogP contribution is 2.23. The summed E-state index contributed by atoms with van der Waals surface area (Å²) in [5.41, 5.74) is 3.80. The molecule has 4 nitrogen and oxygen atoms in total. The van der Waals surface area contributed by atoms with E-state index in [1.807, 2.05) is 44.2 Å². The number of hydrogen-bond acceptors (Lipinski definition) is 3. The number of ether oxygens (including phenoxy) is 1. The number of carbonyl (C=O) groups excluding carboxylic acids is 1. The summed E-state index contributed by atoms with van der Waals surface area (Å²) in [6.07, 6.45) is 1.02. The van der Waals surface area contributed by atoms with Crippen molar-refractivity contribution in [1.82, 2.24) is 9.88 Å². The van der Waals surface area contributed by atoms with Crippen LogP contribution in [0.15, 0.2) is 30.3 Å². The van der Waals surface area contributed by atoms with Gasteiger partial charge in [-0.2, -0.15) is 0 Å². The first-order valence-corrected chi connectivity index (χ1v) is 7.65. The summed E-state index contributed by atoms with van der Waals surface area (Å²) in [5, 5.41) is 3.17. The highest BCUT2D eigenvalue weighted by atomic mass is 16.5. The van der Waals surface area contributed by atoms with Gasteiger partial charge in [-0.05, 0) is 45.0 Å². The Bertz CT molecular complexity index is 659. The molecule has 0 saturated carbocycles. The van der Waals surface area contributed by atoms with Crippen molar-refractivity contribution in [2.45, 2.75) is 27.2 Å². The first-order valence-electron chi connectivity index (χ1n) is 7.65. The maximum absolute atomic E-state index is 12.4. The fraction of sp³-hybridized carbons (Fsp3) is 0.389. The number of methoxy groups -OCH3 is 1. The van der Waals surface area contributed by atoms with Gasteiger partial charge in [-0.3, -0.25) is 4.79 Å². The van der Waals surface area contributed by atoms with Gasteiger partial charge in [-0.25, -0.2) is 0 Å². The maximum atomic E-state index is 12.4. The summed E-state index contributed by atoms with van der Waals surface area (Å²) >= 11 is 0. The fourth-order valence-corrected chi connectivity index (χ4v) is 2.67. The van der Waals surface area contributed by atoms with Gasteiger partial charge in [-0.1, -0.05) is 13.0 Å². The average molecular weight is 300 g/mol. The second-order valence-corrected chi connectivity index (χ2v) is 5.42. The molecule has 1 aromatic heterocycles. The van der Waals surface area contributed by atoms with Crippen LogP contribution in [-0.2, 0) is 0 Å². The maximum Gasteiger partial charge on any atom is 0.178 e. The van der Waals surface area contributed by atoms with Gasteiger partial charge in [0.05, 0.1) is 13.7 Å². The van der Waals surface area contributed by atoms with E-state index in [1.165, 1.54) is 0 Å². The van der Waals surface area contributed by atoms with Crippen LogP contribution >= 0.6 is 0 Å². The Morgan fingerprint density at radius 1 is 1.27 bits per heavy atom. The molecule has 1 aromatic carbocycles. The first kappa shape index (κ1) is 16.3. The molecule has 0 saturated heterocycles. The van der Waals surface area contributed by atoms with Crippen molar-refractivity contribution >= 4 is 5.78 Å². The van der Waals surface area contributed by atoms with E-state index in [9.17, 15) is 4.79 Å². The van der Waals surface area contributed by atoms with Gasteiger partial charge in [0.2, 0.25) is 0 Å². The molecule has 0 unspecified atom stereocenters. The van der Waals surface area contributed by atoms with Crippen LogP contribution in [0.3, 0.4) is 0 Å². The third-order valence-electron chi connectivity index (χ3n) is 3.76. The molecule has 1 heterocycles. The van der Waals surface area contributed by atoms with Crippen molar-refractivity contribution in [3.8, 4) is 11.4 Å². The van der Waals surface area contributed by atoms with Crippen LogP contribution in [0.2, 0.25) is 0 Å². The highest BCUT2D eigenvalue weighted by Gasteiger charge is 2.16. The van der Waals surface area contributed by atoms with E-state index >= 15 is 0 Å². The molecule has 0 aliphatic heterocycles. The number of hydrogen-bond donors (Lipinski definition) is 1. The summed E-state index contributed by atoms with van der Waals surface area (Å²) in [7, 11) is 1.66. The number of nitrogens with zero attached hydrogens (tertiary/aromatic N) is 1.